The monoisotopic (exact) mass is 369 g/mol. The number of hydrogen-bond acceptors (Lipinski definition) is 3. The van der Waals surface area contributed by atoms with E-state index >= 15 is 0 Å². The van der Waals surface area contributed by atoms with Gasteiger partial charge in [-0.2, -0.15) is 0 Å². The van der Waals surface area contributed by atoms with Gasteiger partial charge in [0.05, 0.1) is 5.52 Å². The predicted molar refractivity (Wildman–Crippen MR) is 105 cm³/mol. The van der Waals surface area contributed by atoms with Crippen LogP contribution >= 0.6 is 11.6 Å². The summed E-state index contributed by atoms with van der Waals surface area (Å²) in [6, 6.07) is 15.1. The fourth-order valence-corrected chi connectivity index (χ4v) is 3.76. The normalized spacial score (nSPS) is 16.1. The van der Waals surface area contributed by atoms with E-state index in [4.69, 9.17) is 11.6 Å². The molecule has 0 unspecified atom stereocenters. The second-order valence-electron chi connectivity index (χ2n) is 6.84. The van der Waals surface area contributed by atoms with Gasteiger partial charge in [-0.3, -0.25) is 9.88 Å². The smallest absolute Gasteiger partial charge is 0.123 e. The van der Waals surface area contributed by atoms with Crippen molar-refractivity contribution in [2.75, 3.05) is 18.4 Å². The van der Waals surface area contributed by atoms with Crippen LogP contribution < -0.4 is 5.32 Å². The Balaban J connectivity index is 1.38. The van der Waals surface area contributed by atoms with Crippen molar-refractivity contribution >= 4 is 28.2 Å². The molecule has 0 bridgehead atoms. The van der Waals surface area contributed by atoms with Crippen LogP contribution in [0.25, 0.3) is 10.9 Å². The highest BCUT2D eigenvalue weighted by atomic mass is 35.5. The first kappa shape index (κ1) is 17.3. The molecule has 0 atom stereocenters. The molecule has 2 aromatic carbocycles. The van der Waals surface area contributed by atoms with E-state index < -0.39 is 0 Å². The van der Waals surface area contributed by atoms with Crippen molar-refractivity contribution in [1.29, 1.82) is 0 Å². The average molecular weight is 370 g/mol. The third-order valence-electron chi connectivity index (χ3n) is 4.95. The van der Waals surface area contributed by atoms with Gasteiger partial charge in [-0.1, -0.05) is 23.7 Å². The molecular weight excluding hydrogens is 349 g/mol. The first-order valence-electron chi connectivity index (χ1n) is 8.95. The lowest BCUT2D eigenvalue weighted by Gasteiger charge is -2.33. The Kier molecular flexibility index (Phi) is 5.05. The van der Waals surface area contributed by atoms with E-state index in [0.29, 0.717) is 11.1 Å². The number of benzene rings is 2. The summed E-state index contributed by atoms with van der Waals surface area (Å²) in [6.07, 6.45) is 3.94. The number of anilines is 1. The molecule has 1 aliphatic rings. The molecule has 0 aliphatic carbocycles. The summed E-state index contributed by atoms with van der Waals surface area (Å²) in [5, 5.41) is 5.47. The van der Waals surface area contributed by atoms with Crippen LogP contribution in [0, 0.1) is 5.82 Å². The number of aromatic nitrogens is 1. The molecule has 1 fully saturated rings. The fraction of sp³-hybridized carbons (Fsp3) is 0.286. The van der Waals surface area contributed by atoms with Gasteiger partial charge in [-0.05, 0) is 54.8 Å². The van der Waals surface area contributed by atoms with Crippen LogP contribution in [-0.4, -0.2) is 29.0 Å². The number of piperidine rings is 1. The maximum atomic E-state index is 13.3. The number of rotatable bonds is 4. The van der Waals surface area contributed by atoms with Crippen molar-refractivity contribution in [2.24, 2.45) is 0 Å². The summed E-state index contributed by atoms with van der Waals surface area (Å²) in [5.41, 5.74) is 3.05. The summed E-state index contributed by atoms with van der Waals surface area (Å²) < 4.78 is 13.3. The zero-order chi connectivity index (χ0) is 17.9. The van der Waals surface area contributed by atoms with Crippen LogP contribution in [0.1, 0.15) is 18.4 Å². The quantitative estimate of drug-likeness (QED) is 0.693. The number of pyridine rings is 1. The van der Waals surface area contributed by atoms with E-state index in [9.17, 15) is 4.39 Å². The number of fused-ring (bicyclic) bond motifs is 1. The molecule has 1 aromatic heterocycles. The number of likely N-dealkylation sites (tertiary alicyclic amines) is 1. The summed E-state index contributed by atoms with van der Waals surface area (Å²) in [4.78, 5) is 6.78. The first-order valence-corrected chi connectivity index (χ1v) is 9.33. The van der Waals surface area contributed by atoms with Crippen LogP contribution in [0.2, 0.25) is 5.02 Å². The van der Waals surface area contributed by atoms with Gasteiger partial charge in [0, 0.05) is 48.0 Å². The standard InChI is InChI=1S/C21H21ClFN3/c22-16-4-5-19-20(6-9-24-21(19)13-16)25-18-7-10-26(11-8-18)14-15-2-1-3-17(23)12-15/h1-6,9,12-13,18H,7-8,10-11,14H2,(H,24,25). The van der Waals surface area contributed by atoms with Gasteiger partial charge in [0.2, 0.25) is 0 Å². The molecule has 0 saturated carbocycles. The topological polar surface area (TPSA) is 28.2 Å². The minimum atomic E-state index is -0.163. The maximum Gasteiger partial charge on any atom is 0.123 e. The maximum absolute atomic E-state index is 13.3. The average Bonchev–Trinajstić information content (AvgIpc) is 2.63. The molecule has 0 spiro atoms. The van der Waals surface area contributed by atoms with Crippen molar-refractivity contribution in [3.8, 4) is 0 Å². The van der Waals surface area contributed by atoms with Crippen LogP contribution in [0.3, 0.4) is 0 Å². The third kappa shape index (κ3) is 3.97. The number of hydrogen-bond donors (Lipinski definition) is 1. The van der Waals surface area contributed by atoms with Gasteiger partial charge in [0.25, 0.3) is 0 Å². The van der Waals surface area contributed by atoms with E-state index in [1.165, 1.54) is 6.07 Å². The minimum Gasteiger partial charge on any atom is -0.382 e. The Bertz CT molecular complexity index is 907. The molecule has 4 rings (SSSR count). The van der Waals surface area contributed by atoms with Crippen molar-refractivity contribution in [1.82, 2.24) is 9.88 Å². The van der Waals surface area contributed by atoms with Gasteiger partial charge in [-0.15, -0.1) is 0 Å². The molecule has 2 heterocycles. The summed E-state index contributed by atoms with van der Waals surface area (Å²) in [6.45, 7) is 2.81. The van der Waals surface area contributed by atoms with Gasteiger partial charge >= 0.3 is 0 Å². The molecular formula is C21H21ClFN3. The van der Waals surface area contributed by atoms with Crippen LogP contribution in [0.15, 0.2) is 54.7 Å². The van der Waals surface area contributed by atoms with Crippen LogP contribution in [-0.2, 0) is 6.54 Å². The van der Waals surface area contributed by atoms with E-state index in [1.807, 2.05) is 36.5 Å². The molecule has 0 amide bonds. The number of nitrogens with zero attached hydrogens (tertiary/aromatic N) is 2. The Morgan fingerprint density at radius 3 is 2.77 bits per heavy atom. The third-order valence-corrected chi connectivity index (χ3v) is 5.18. The lowest BCUT2D eigenvalue weighted by molar-refractivity contribution is 0.211. The number of nitrogens with one attached hydrogen (secondary N) is 1. The molecule has 3 nitrogen and oxygen atoms in total. The van der Waals surface area contributed by atoms with Crippen molar-refractivity contribution < 1.29 is 4.39 Å². The molecule has 3 aromatic rings. The Hall–Kier alpha value is -2.17. The molecule has 1 N–H and O–H groups in total. The largest absolute Gasteiger partial charge is 0.382 e. The van der Waals surface area contributed by atoms with E-state index in [1.54, 1.807) is 12.1 Å². The highest BCUT2D eigenvalue weighted by Gasteiger charge is 2.20. The predicted octanol–water partition coefficient (Wildman–Crippen LogP) is 5.10. The second-order valence-corrected chi connectivity index (χ2v) is 7.28. The lowest BCUT2D eigenvalue weighted by atomic mass is 10.0. The van der Waals surface area contributed by atoms with E-state index in [-0.39, 0.29) is 5.82 Å². The van der Waals surface area contributed by atoms with Gasteiger partial charge < -0.3 is 5.32 Å². The molecule has 5 heteroatoms. The molecule has 1 aliphatic heterocycles. The zero-order valence-corrected chi connectivity index (χ0v) is 15.2. The minimum absolute atomic E-state index is 0.163. The van der Waals surface area contributed by atoms with E-state index in [2.05, 4.69) is 15.2 Å². The Morgan fingerprint density at radius 1 is 1.12 bits per heavy atom. The van der Waals surface area contributed by atoms with Crippen LogP contribution in [0.4, 0.5) is 10.1 Å². The molecule has 1 saturated heterocycles. The van der Waals surface area contributed by atoms with Crippen molar-refractivity contribution in [3.05, 3.63) is 71.1 Å². The molecule has 134 valence electrons. The fourth-order valence-electron chi connectivity index (χ4n) is 3.60. The Morgan fingerprint density at radius 2 is 1.96 bits per heavy atom. The highest BCUT2D eigenvalue weighted by molar-refractivity contribution is 6.31. The summed E-state index contributed by atoms with van der Waals surface area (Å²) >= 11 is 6.07. The van der Waals surface area contributed by atoms with Gasteiger partial charge in [0.15, 0.2) is 0 Å². The summed E-state index contributed by atoms with van der Waals surface area (Å²) in [5.74, 6) is -0.163. The van der Waals surface area contributed by atoms with Crippen LogP contribution in [0.5, 0.6) is 0 Å². The zero-order valence-electron chi connectivity index (χ0n) is 14.5. The SMILES string of the molecule is Fc1cccc(CN2CCC(Nc3ccnc4cc(Cl)ccc34)CC2)c1. The van der Waals surface area contributed by atoms with E-state index in [0.717, 1.165) is 54.6 Å². The molecule has 26 heavy (non-hydrogen) atoms. The van der Waals surface area contributed by atoms with Gasteiger partial charge in [-0.25, -0.2) is 4.39 Å². The summed E-state index contributed by atoms with van der Waals surface area (Å²) in [7, 11) is 0. The molecule has 0 radical (unpaired) electrons. The Labute approximate surface area is 157 Å². The number of halogens is 2. The van der Waals surface area contributed by atoms with Crippen molar-refractivity contribution in [3.63, 3.8) is 0 Å². The first-order chi connectivity index (χ1) is 12.7. The highest BCUT2D eigenvalue weighted by Crippen LogP contribution is 2.26. The lowest BCUT2D eigenvalue weighted by Crippen LogP contribution is -2.38. The second kappa shape index (κ2) is 7.60. The van der Waals surface area contributed by atoms with Crippen molar-refractivity contribution in [2.45, 2.75) is 25.4 Å². The van der Waals surface area contributed by atoms with Gasteiger partial charge in [0.1, 0.15) is 5.82 Å².